The second-order valence-corrected chi connectivity index (χ2v) is 8.08. The predicted octanol–water partition coefficient (Wildman–Crippen LogP) is 1.96. The number of nitrogens with zero attached hydrogens (tertiary/aromatic N) is 3. The van der Waals surface area contributed by atoms with E-state index in [1.165, 1.54) is 26.8 Å². The van der Waals surface area contributed by atoms with Crippen molar-refractivity contribution in [2.75, 3.05) is 12.3 Å². The zero-order valence-corrected chi connectivity index (χ0v) is 16.8. The lowest BCUT2D eigenvalue weighted by Crippen LogP contribution is -2.37. The Balaban J connectivity index is 1.64. The van der Waals surface area contributed by atoms with Crippen LogP contribution in [0.4, 0.5) is 10.2 Å². The van der Waals surface area contributed by atoms with Gasteiger partial charge in [0.15, 0.2) is 0 Å². The molecule has 1 saturated heterocycles. The summed E-state index contributed by atoms with van der Waals surface area (Å²) in [6, 6.07) is 7.82. The smallest absolute Gasteiger partial charge is 0.254 e. The molecule has 0 bridgehead atoms. The van der Waals surface area contributed by atoms with E-state index < -0.39 is 18.1 Å². The first kappa shape index (κ1) is 20.1. The zero-order valence-electron chi connectivity index (χ0n) is 16.8. The van der Waals surface area contributed by atoms with Crippen molar-refractivity contribution in [2.45, 2.75) is 50.4 Å². The third kappa shape index (κ3) is 3.58. The molecule has 1 aliphatic heterocycles. The topological polar surface area (TPSA) is 107 Å². The van der Waals surface area contributed by atoms with Gasteiger partial charge in [0.2, 0.25) is 5.91 Å². The van der Waals surface area contributed by atoms with Crippen LogP contribution in [-0.4, -0.2) is 45.3 Å². The van der Waals surface area contributed by atoms with Gasteiger partial charge in [-0.3, -0.25) is 9.59 Å². The monoisotopic (exact) mass is 411 g/mol. The van der Waals surface area contributed by atoms with E-state index in [4.69, 9.17) is 11.5 Å². The van der Waals surface area contributed by atoms with Gasteiger partial charge in [0.25, 0.3) is 5.91 Å². The number of amides is 2. The highest BCUT2D eigenvalue weighted by Crippen LogP contribution is 2.35. The maximum absolute atomic E-state index is 14.0. The van der Waals surface area contributed by atoms with Gasteiger partial charge >= 0.3 is 0 Å². The Bertz CT molecular complexity index is 1000. The summed E-state index contributed by atoms with van der Waals surface area (Å²) in [4.78, 5) is 25.7. The molecule has 2 aromatic rings. The van der Waals surface area contributed by atoms with E-state index in [0.29, 0.717) is 5.69 Å². The second-order valence-electron chi connectivity index (χ2n) is 8.08. The van der Waals surface area contributed by atoms with E-state index in [1.54, 1.807) is 0 Å². The number of nitrogens with two attached hydrogens (primary N) is 2. The maximum Gasteiger partial charge on any atom is 0.254 e. The summed E-state index contributed by atoms with van der Waals surface area (Å²) in [5.41, 5.74) is 15.3. The maximum atomic E-state index is 14.0. The van der Waals surface area contributed by atoms with Crippen LogP contribution < -0.4 is 11.5 Å². The molecule has 2 aliphatic rings. The molecule has 1 fully saturated rings. The average Bonchev–Trinajstić information content (AvgIpc) is 3.27. The lowest BCUT2D eigenvalue weighted by atomic mass is 9.81. The van der Waals surface area contributed by atoms with Crippen LogP contribution in [0.1, 0.15) is 45.9 Å². The number of carbonyl (C=O) groups is 2. The molecule has 0 radical (unpaired) electrons. The average molecular weight is 411 g/mol. The van der Waals surface area contributed by atoms with Gasteiger partial charge in [-0.05, 0) is 36.5 Å². The number of hydrogen-bond donors (Lipinski definition) is 2. The second kappa shape index (κ2) is 7.93. The summed E-state index contributed by atoms with van der Waals surface area (Å²) in [6.07, 6.45) is 2.74. The molecule has 3 atom stereocenters. The van der Waals surface area contributed by atoms with Crippen molar-refractivity contribution in [1.29, 1.82) is 0 Å². The molecule has 0 saturated carbocycles. The summed E-state index contributed by atoms with van der Waals surface area (Å²) in [5.74, 6) is -0.759. The van der Waals surface area contributed by atoms with Gasteiger partial charge in [0.1, 0.15) is 17.6 Å². The fourth-order valence-corrected chi connectivity index (χ4v) is 4.72. The Morgan fingerprint density at radius 3 is 2.73 bits per heavy atom. The van der Waals surface area contributed by atoms with Crippen LogP contribution in [0.3, 0.4) is 0 Å². The minimum atomic E-state index is -1.11. The molecule has 2 amide bonds. The van der Waals surface area contributed by atoms with Gasteiger partial charge in [-0.25, -0.2) is 9.07 Å². The molecule has 1 aliphatic carbocycles. The number of alkyl halides is 1. The number of halogens is 1. The third-order valence-electron chi connectivity index (χ3n) is 6.20. The zero-order chi connectivity index (χ0) is 21.4. The first-order valence-electron chi connectivity index (χ1n) is 10.2. The van der Waals surface area contributed by atoms with Gasteiger partial charge in [-0.1, -0.05) is 30.8 Å². The van der Waals surface area contributed by atoms with E-state index in [-0.39, 0.29) is 42.7 Å². The summed E-state index contributed by atoms with van der Waals surface area (Å²) in [6.45, 7) is 3.71. The first-order chi connectivity index (χ1) is 14.4. The standard InChI is InChI=1S/C22H26FN5O2/c1-2-18(29)27-11-16(23)10-17(27)12-28-21(24)19(22(25)30)20(26-28)15-8-7-13-5-3-4-6-14(13)9-15/h2-6,15-17H,1,7-12,24H2,(H2,25,30)/t15?,16-,17+/m1/s1. The molecular weight excluding hydrogens is 385 g/mol. The van der Waals surface area contributed by atoms with Crippen molar-refractivity contribution in [2.24, 2.45) is 5.73 Å². The predicted molar refractivity (Wildman–Crippen MR) is 112 cm³/mol. The Morgan fingerprint density at radius 1 is 1.30 bits per heavy atom. The Morgan fingerprint density at radius 2 is 2.03 bits per heavy atom. The largest absolute Gasteiger partial charge is 0.383 e. The Kier molecular flexibility index (Phi) is 5.32. The lowest BCUT2D eigenvalue weighted by molar-refractivity contribution is -0.127. The summed E-state index contributed by atoms with van der Waals surface area (Å²) < 4.78 is 15.5. The van der Waals surface area contributed by atoms with Gasteiger partial charge in [0.05, 0.1) is 24.8 Å². The first-order valence-corrected chi connectivity index (χ1v) is 10.2. The van der Waals surface area contributed by atoms with Gasteiger partial charge in [0, 0.05) is 12.3 Å². The van der Waals surface area contributed by atoms with E-state index in [0.717, 1.165) is 19.3 Å². The van der Waals surface area contributed by atoms with Crippen LogP contribution in [0.5, 0.6) is 0 Å². The van der Waals surface area contributed by atoms with Crippen LogP contribution >= 0.6 is 0 Å². The Hall–Kier alpha value is -3.16. The van der Waals surface area contributed by atoms with Crippen LogP contribution in [0.25, 0.3) is 0 Å². The molecule has 1 unspecified atom stereocenters. The van der Waals surface area contributed by atoms with Crippen LogP contribution in [0.2, 0.25) is 0 Å². The summed E-state index contributed by atoms with van der Waals surface area (Å²) in [5, 5.41) is 4.64. The molecule has 30 heavy (non-hydrogen) atoms. The number of benzene rings is 1. The van der Waals surface area contributed by atoms with Crippen molar-refractivity contribution < 1.29 is 14.0 Å². The van der Waals surface area contributed by atoms with E-state index in [9.17, 15) is 14.0 Å². The molecule has 2 heterocycles. The van der Waals surface area contributed by atoms with Crippen molar-refractivity contribution in [3.8, 4) is 0 Å². The van der Waals surface area contributed by atoms with Crippen molar-refractivity contribution in [3.63, 3.8) is 0 Å². The highest BCUT2D eigenvalue weighted by Gasteiger charge is 2.36. The summed E-state index contributed by atoms with van der Waals surface area (Å²) in [7, 11) is 0. The van der Waals surface area contributed by atoms with Crippen LogP contribution in [-0.2, 0) is 24.2 Å². The van der Waals surface area contributed by atoms with E-state index in [2.05, 4.69) is 23.8 Å². The van der Waals surface area contributed by atoms with Crippen LogP contribution in [0, 0.1) is 0 Å². The number of primary amides is 1. The van der Waals surface area contributed by atoms with Crippen LogP contribution in [0.15, 0.2) is 36.9 Å². The van der Waals surface area contributed by atoms with Gasteiger partial charge in [-0.2, -0.15) is 5.10 Å². The van der Waals surface area contributed by atoms with E-state index >= 15 is 0 Å². The molecule has 8 heteroatoms. The number of likely N-dealkylation sites (tertiary alicyclic amines) is 1. The third-order valence-corrected chi connectivity index (χ3v) is 6.20. The van der Waals surface area contributed by atoms with Crippen molar-refractivity contribution in [3.05, 3.63) is 59.3 Å². The van der Waals surface area contributed by atoms with Crippen molar-refractivity contribution >= 4 is 17.6 Å². The number of fused-ring (bicyclic) bond motifs is 1. The number of carbonyl (C=O) groups excluding carboxylic acids is 2. The molecule has 1 aromatic carbocycles. The van der Waals surface area contributed by atoms with Gasteiger partial charge in [-0.15, -0.1) is 0 Å². The van der Waals surface area contributed by atoms with Crippen molar-refractivity contribution in [1.82, 2.24) is 14.7 Å². The number of anilines is 1. The molecule has 0 spiro atoms. The Labute approximate surface area is 174 Å². The normalized spacial score (nSPS) is 23.2. The van der Waals surface area contributed by atoms with E-state index in [1.807, 2.05) is 12.1 Å². The highest BCUT2D eigenvalue weighted by atomic mass is 19.1. The number of hydrogen-bond acceptors (Lipinski definition) is 4. The van der Waals surface area contributed by atoms with Gasteiger partial charge < -0.3 is 16.4 Å². The molecule has 7 nitrogen and oxygen atoms in total. The lowest BCUT2D eigenvalue weighted by Gasteiger charge is -2.24. The molecule has 4 rings (SSSR count). The molecule has 1 aromatic heterocycles. The highest BCUT2D eigenvalue weighted by molar-refractivity contribution is 5.98. The minimum absolute atomic E-state index is 0.0195. The molecular formula is C22H26FN5O2. The number of aromatic nitrogens is 2. The quantitative estimate of drug-likeness (QED) is 0.734. The fourth-order valence-electron chi connectivity index (χ4n) is 4.72. The fraction of sp³-hybridized carbons (Fsp3) is 0.409. The summed E-state index contributed by atoms with van der Waals surface area (Å²) >= 11 is 0. The number of nitrogen functional groups attached to an aromatic ring is 1. The number of rotatable bonds is 5. The minimum Gasteiger partial charge on any atom is -0.383 e. The number of aryl methyl sites for hydroxylation is 1. The SMILES string of the molecule is C=CC(=O)N1C[C@H](F)C[C@H]1Cn1nc(C2CCc3ccccc3C2)c(C(N)=O)c1N. The molecule has 158 valence electrons. The molecule has 4 N–H and O–H groups in total.